The Morgan fingerprint density at radius 3 is 2.60 bits per heavy atom. The number of benzene rings is 2. The van der Waals surface area contributed by atoms with E-state index in [-0.39, 0.29) is 5.82 Å². The zero-order valence-corrected chi connectivity index (χ0v) is 13.2. The van der Waals surface area contributed by atoms with Crippen LogP contribution in [0.2, 0.25) is 0 Å². The van der Waals surface area contributed by atoms with Gasteiger partial charge >= 0.3 is 0 Å². The predicted molar refractivity (Wildman–Crippen MR) is 85.4 cm³/mol. The van der Waals surface area contributed by atoms with Gasteiger partial charge in [0, 0.05) is 35.9 Å². The number of halogens is 2. The van der Waals surface area contributed by atoms with Crippen molar-refractivity contribution in [1.29, 1.82) is 0 Å². The molecule has 2 nitrogen and oxygen atoms in total. The van der Waals surface area contributed by atoms with Gasteiger partial charge in [-0.05, 0) is 36.9 Å². The molecular weight excluding hydrogens is 319 g/mol. The van der Waals surface area contributed by atoms with Crippen molar-refractivity contribution >= 4 is 21.6 Å². The molecule has 0 saturated heterocycles. The van der Waals surface area contributed by atoms with Crippen molar-refractivity contribution in [1.82, 2.24) is 5.32 Å². The maximum absolute atomic E-state index is 13.7. The Bertz CT molecular complexity index is 586. The van der Waals surface area contributed by atoms with Crippen LogP contribution in [-0.4, -0.2) is 14.1 Å². The monoisotopic (exact) mass is 336 g/mol. The maximum atomic E-state index is 13.7. The molecule has 0 amide bonds. The van der Waals surface area contributed by atoms with Crippen LogP contribution >= 0.6 is 15.9 Å². The van der Waals surface area contributed by atoms with E-state index in [1.807, 2.05) is 32.3 Å². The van der Waals surface area contributed by atoms with Crippen molar-refractivity contribution in [3.63, 3.8) is 0 Å². The Hall–Kier alpha value is -1.39. The Morgan fingerprint density at radius 1 is 1.15 bits per heavy atom. The van der Waals surface area contributed by atoms with Crippen LogP contribution in [0.25, 0.3) is 0 Å². The van der Waals surface area contributed by atoms with Crippen LogP contribution in [0.5, 0.6) is 0 Å². The van der Waals surface area contributed by atoms with E-state index in [1.165, 1.54) is 11.6 Å². The van der Waals surface area contributed by atoms with Crippen molar-refractivity contribution in [3.05, 3.63) is 63.9 Å². The molecule has 2 aromatic carbocycles. The second-order valence-electron chi connectivity index (χ2n) is 4.75. The summed E-state index contributed by atoms with van der Waals surface area (Å²) >= 11 is 3.49. The van der Waals surface area contributed by atoms with E-state index in [1.54, 1.807) is 6.07 Å². The van der Waals surface area contributed by atoms with Crippen LogP contribution in [0, 0.1) is 5.82 Å². The molecule has 0 saturated carbocycles. The molecule has 0 fully saturated rings. The van der Waals surface area contributed by atoms with Crippen molar-refractivity contribution in [2.75, 3.05) is 19.0 Å². The van der Waals surface area contributed by atoms with Gasteiger partial charge in [0.25, 0.3) is 0 Å². The first-order valence-electron chi connectivity index (χ1n) is 6.49. The van der Waals surface area contributed by atoms with Gasteiger partial charge in [-0.1, -0.05) is 34.1 Å². The first-order valence-corrected chi connectivity index (χ1v) is 7.28. The molecule has 0 radical (unpaired) electrons. The fourth-order valence-electron chi connectivity index (χ4n) is 2.23. The highest BCUT2D eigenvalue weighted by Crippen LogP contribution is 2.25. The third kappa shape index (κ3) is 3.58. The maximum Gasteiger partial charge on any atom is 0.128 e. The Balaban J connectivity index is 2.25. The fraction of sp³-hybridized carbons (Fsp3) is 0.250. The molecule has 0 unspecified atom stereocenters. The molecule has 20 heavy (non-hydrogen) atoms. The molecule has 0 heterocycles. The molecule has 1 N–H and O–H groups in total. The molecular formula is C16H18BrFN2. The zero-order valence-electron chi connectivity index (χ0n) is 11.7. The lowest BCUT2D eigenvalue weighted by Crippen LogP contribution is -2.20. The summed E-state index contributed by atoms with van der Waals surface area (Å²) in [5.74, 6) is -0.161. The molecule has 0 bridgehead atoms. The van der Waals surface area contributed by atoms with Gasteiger partial charge in [0.15, 0.2) is 0 Å². The lowest BCUT2D eigenvalue weighted by molar-refractivity contribution is 0.607. The van der Waals surface area contributed by atoms with Crippen LogP contribution in [0.4, 0.5) is 10.1 Å². The predicted octanol–water partition coefficient (Wildman–Crippen LogP) is 3.94. The molecule has 2 rings (SSSR count). The Morgan fingerprint density at radius 2 is 1.90 bits per heavy atom. The zero-order chi connectivity index (χ0) is 14.5. The van der Waals surface area contributed by atoms with E-state index in [4.69, 9.17) is 0 Å². The van der Waals surface area contributed by atoms with E-state index in [9.17, 15) is 4.39 Å². The molecule has 0 spiro atoms. The molecule has 0 aliphatic rings. The summed E-state index contributed by atoms with van der Waals surface area (Å²) in [6.07, 6.45) is 0. The van der Waals surface area contributed by atoms with Gasteiger partial charge in [0.2, 0.25) is 0 Å². The van der Waals surface area contributed by atoms with Gasteiger partial charge in [0.05, 0.1) is 0 Å². The molecule has 4 heteroatoms. The average molecular weight is 337 g/mol. The second-order valence-corrected chi connectivity index (χ2v) is 5.67. The fourth-order valence-corrected chi connectivity index (χ4v) is 2.63. The third-order valence-corrected chi connectivity index (χ3v) is 3.68. The summed E-state index contributed by atoms with van der Waals surface area (Å²) in [7, 11) is 3.90. The smallest absolute Gasteiger partial charge is 0.128 e. The van der Waals surface area contributed by atoms with Crippen LogP contribution in [0.1, 0.15) is 11.1 Å². The number of nitrogens with zero attached hydrogens (tertiary/aromatic N) is 1. The highest BCUT2D eigenvalue weighted by atomic mass is 79.9. The van der Waals surface area contributed by atoms with Crippen molar-refractivity contribution in [2.24, 2.45) is 0 Å². The van der Waals surface area contributed by atoms with Crippen LogP contribution in [0.15, 0.2) is 46.9 Å². The van der Waals surface area contributed by atoms with E-state index < -0.39 is 0 Å². The van der Waals surface area contributed by atoms with Gasteiger partial charge in [-0.15, -0.1) is 0 Å². The van der Waals surface area contributed by atoms with E-state index >= 15 is 0 Å². The third-order valence-electron chi connectivity index (χ3n) is 3.19. The van der Waals surface area contributed by atoms with Gasteiger partial charge in [-0.25, -0.2) is 4.39 Å². The summed E-state index contributed by atoms with van der Waals surface area (Å²) in [4.78, 5) is 2.07. The second kappa shape index (κ2) is 6.86. The van der Waals surface area contributed by atoms with Gasteiger partial charge in [-0.2, -0.15) is 0 Å². The lowest BCUT2D eigenvalue weighted by atomic mass is 10.1. The normalized spacial score (nSPS) is 10.6. The molecule has 0 aromatic heterocycles. The van der Waals surface area contributed by atoms with E-state index in [2.05, 4.69) is 38.3 Å². The number of hydrogen-bond acceptors (Lipinski definition) is 2. The quantitative estimate of drug-likeness (QED) is 0.889. The van der Waals surface area contributed by atoms with Crippen LogP contribution in [0.3, 0.4) is 0 Å². The van der Waals surface area contributed by atoms with Crippen molar-refractivity contribution in [3.8, 4) is 0 Å². The SMILES string of the molecule is CNCc1cc(Br)ccc1N(C)Cc1ccccc1F. The van der Waals surface area contributed by atoms with Crippen molar-refractivity contribution in [2.45, 2.75) is 13.1 Å². The summed E-state index contributed by atoms with van der Waals surface area (Å²) in [6, 6.07) is 13.0. The minimum absolute atomic E-state index is 0.161. The number of rotatable bonds is 5. The molecule has 106 valence electrons. The highest BCUT2D eigenvalue weighted by molar-refractivity contribution is 9.10. The average Bonchev–Trinajstić information content (AvgIpc) is 2.42. The van der Waals surface area contributed by atoms with Gasteiger partial charge in [-0.3, -0.25) is 0 Å². The van der Waals surface area contributed by atoms with E-state index in [0.29, 0.717) is 12.1 Å². The summed E-state index contributed by atoms with van der Waals surface area (Å²) < 4.78 is 14.8. The van der Waals surface area contributed by atoms with Crippen LogP contribution in [-0.2, 0) is 13.1 Å². The minimum Gasteiger partial charge on any atom is -0.370 e. The van der Waals surface area contributed by atoms with Crippen LogP contribution < -0.4 is 10.2 Å². The van der Waals surface area contributed by atoms with E-state index in [0.717, 1.165) is 16.7 Å². The molecule has 0 aliphatic heterocycles. The summed E-state index contributed by atoms with van der Waals surface area (Å²) in [5, 5.41) is 3.16. The first-order chi connectivity index (χ1) is 9.61. The molecule has 0 atom stereocenters. The largest absolute Gasteiger partial charge is 0.370 e. The number of hydrogen-bond donors (Lipinski definition) is 1. The minimum atomic E-state index is -0.161. The number of anilines is 1. The Kier molecular flexibility index (Phi) is 5.15. The number of nitrogens with one attached hydrogen (secondary N) is 1. The first kappa shape index (κ1) is 15.0. The lowest BCUT2D eigenvalue weighted by Gasteiger charge is -2.23. The standard InChI is InChI=1S/C16H18BrFN2/c1-19-10-13-9-14(17)7-8-16(13)20(2)11-12-5-3-4-6-15(12)18/h3-9,19H,10-11H2,1-2H3. The summed E-state index contributed by atoms with van der Waals surface area (Å²) in [6.45, 7) is 1.32. The molecule has 2 aromatic rings. The topological polar surface area (TPSA) is 15.3 Å². The van der Waals surface area contributed by atoms with Gasteiger partial charge < -0.3 is 10.2 Å². The Labute approximate surface area is 127 Å². The summed E-state index contributed by atoms with van der Waals surface area (Å²) in [5.41, 5.74) is 2.99. The van der Waals surface area contributed by atoms with Crippen molar-refractivity contribution < 1.29 is 4.39 Å². The highest BCUT2D eigenvalue weighted by Gasteiger charge is 2.10. The van der Waals surface area contributed by atoms with Gasteiger partial charge in [0.1, 0.15) is 5.82 Å². The molecule has 0 aliphatic carbocycles.